The summed E-state index contributed by atoms with van der Waals surface area (Å²) in [5.74, 6) is 0.580. The second-order valence-electron chi connectivity index (χ2n) is 4.18. The second-order valence-corrected chi connectivity index (χ2v) is 5.38. The highest BCUT2D eigenvalue weighted by Crippen LogP contribution is 2.40. The zero-order chi connectivity index (χ0) is 12.0. The lowest BCUT2D eigenvalue weighted by molar-refractivity contribution is 0.838. The molecular weight excluding hydrogens is 279 g/mol. The fourth-order valence-corrected chi connectivity index (χ4v) is 2.29. The molecule has 2 aromatic rings. The summed E-state index contributed by atoms with van der Waals surface area (Å²) in [5, 5.41) is 6.13. The molecule has 5 heteroatoms. The average molecular weight is 288 g/mol. The van der Waals surface area contributed by atoms with Crippen LogP contribution >= 0.6 is 34.8 Å². The molecule has 17 heavy (non-hydrogen) atoms. The molecule has 0 aliphatic heterocycles. The molecule has 1 aliphatic carbocycles. The van der Waals surface area contributed by atoms with Crippen LogP contribution in [0, 0.1) is 0 Å². The van der Waals surface area contributed by atoms with E-state index in [1.54, 1.807) is 16.8 Å². The van der Waals surface area contributed by atoms with Gasteiger partial charge in [0.2, 0.25) is 0 Å². The highest BCUT2D eigenvalue weighted by molar-refractivity contribution is 6.42. The van der Waals surface area contributed by atoms with Gasteiger partial charge in [-0.05, 0) is 37.1 Å². The van der Waals surface area contributed by atoms with Crippen molar-refractivity contribution in [3.63, 3.8) is 0 Å². The fourth-order valence-electron chi connectivity index (χ4n) is 1.75. The molecule has 1 heterocycles. The van der Waals surface area contributed by atoms with Gasteiger partial charge in [0.15, 0.2) is 0 Å². The first-order chi connectivity index (χ1) is 8.15. The molecule has 1 saturated carbocycles. The Labute approximate surface area is 114 Å². The molecule has 0 amide bonds. The number of nitrogens with zero attached hydrogens (tertiary/aromatic N) is 2. The van der Waals surface area contributed by atoms with Crippen LogP contribution in [-0.2, 0) is 0 Å². The SMILES string of the molecule is Clc1ccc(-n2nc(C3CC3)cc2Cl)cc1Cl. The van der Waals surface area contributed by atoms with Gasteiger partial charge in [0.1, 0.15) is 5.15 Å². The maximum Gasteiger partial charge on any atom is 0.133 e. The summed E-state index contributed by atoms with van der Waals surface area (Å²) in [7, 11) is 0. The van der Waals surface area contributed by atoms with Crippen LogP contribution in [0.3, 0.4) is 0 Å². The van der Waals surface area contributed by atoms with E-state index in [9.17, 15) is 0 Å². The van der Waals surface area contributed by atoms with Crippen LogP contribution in [0.1, 0.15) is 24.5 Å². The lowest BCUT2D eigenvalue weighted by Crippen LogP contribution is -1.97. The van der Waals surface area contributed by atoms with Crippen molar-refractivity contribution in [3.8, 4) is 5.69 Å². The van der Waals surface area contributed by atoms with Crippen molar-refractivity contribution in [1.82, 2.24) is 9.78 Å². The third-order valence-electron chi connectivity index (χ3n) is 2.83. The molecule has 3 rings (SSSR count). The predicted molar refractivity (Wildman–Crippen MR) is 70.6 cm³/mol. The average Bonchev–Trinajstić information content (AvgIpc) is 3.07. The number of halogens is 3. The van der Waals surface area contributed by atoms with Crippen LogP contribution in [-0.4, -0.2) is 9.78 Å². The standard InChI is InChI=1S/C12H9Cl3N2/c13-9-4-3-8(5-10(9)14)17-12(15)6-11(16-17)7-1-2-7/h3-7H,1-2H2. The minimum Gasteiger partial charge on any atom is -0.222 e. The first-order valence-electron chi connectivity index (χ1n) is 5.36. The van der Waals surface area contributed by atoms with Crippen LogP contribution in [0.2, 0.25) is 15.2 Å². The number of aromatic nitrogens is 2. The Morgan fingerprint density at radius 3 is 2.47 bits per heavy atom. The van der Waals surface area contributed by atoms with E-state index in [0.29, 0.717) is 21.1 Å². The molecule has 0 radical (unpaired) electrons. The lowest BCUT2D eigenvalue weighted by atomic mass is 10.3. The van der Waals surface area contributed by atoms with Gasteiger partial charge in [-0.3, -0.25) is 0 Å². The van der Waals surface area contributed by atoms with Crippen molar-refractivity contribution in [1.29, 1.82) is 0 Å². The molecule has 0 spiro atoms. The van der Waals surface area contributed by atoms with Gasteiger partial charge in [0, 0.05) is 5.92 Å². The van der Waals surface area contributed by atoms with Crippen molar-refractivity contribution in [2.45, 2.75) is 18.8 Å². The van der Waals surface area contributed by atoms with E-state index < -0.39 is 0 Å². The molecule has 0 unspecified atom stereocenters. The van der Waals surface area contributed by atoms with Crippen molar-refractivity contribution < 1.29 is 0 Å². The Hall–Kier alpha value is -0.700. The van der Waals surface area contributed by atoms with Gasteiger partial charge < -0.3 is 0 Å². The van der Waals surface area contributed by atoms with Crippen molar-refractivity contribution >= 4 is 34.8 Å². The Balaban J connectivity index is 2.04. The first kappa shape index (κ1) is 11.4. The first-order valence-corrected chi connectivity index (χ1v) is 6.49. The smallest absolute Gasteiger partial charge is 0.133 e. The Morgan fingerprint density at radius 2 is 1.82 bits per heavy atom. The summed E-state index contributed by atoms with van der Waals surface area (Å²) in [6.07, 6.45) is 2.41. The zero-order valence-electron chi connectivity index (χ0n) is 8.83. The number of hydrogen-bond donors (Lipinski definition) is 0. The summed E-state index contributed by atoms with van der Waals surface area (Å²) in [5.41, 5.74) is 1.89. The largest absolute Gasteiger partial charge is 0.222 e. The Kier molecular flexibility index (Phi) is 2.81. The van der Waals surface area contributed by atoms with Gasteiger partial charge in [-0.25, -0.2) is 4.68 Å². The minimum absolute atomic E-state index is 0.503. The summed E-state index contributed by atoms with van der Waals surface area (Å²) in [4.78, 5) is 0. The van der Waals surface area contributed by atoms with Gasteiger partial charge in [-0.15, -0.1) is 0 Å². The third-order valence-corrected chi connectivity index (χ3v) is 3.84. The number of benzene rings is 1. The molecule has 0 N–H and O–H groups in total. The Morgan fingerprint density at radius 1 is 1.06 bits per heavy atom. The fraction of sp³-hybridized carbons (Fsp3) is 0.250. The molecule has 1 aliphatic rings. The quantitative estimate of drug-likeness (QED) is 0.782. The van der Waals surface area contributed by atoms with E-state index in [0.717, 1.165) is 11.4 Å². The number of hydrogen-bond acceptors (Lipinski definition) is 1. The van der Waals surface area contributed by atoms with Crippen molar-refractivity contribution in [2.24, 2.45) is 0 Å². The molecule has 0 atom stereocenters. The molecule has 0 saturated heterocycles. The molecule has 0 bridgehead atoms. The highest BCUT2D eigenvalue weighted by Gasteiger charge is 2.27. The van der Waals surface area contributed by atoms with Gasteiger partial charge in [-0.2, -0.15) is 5.10 Å². The summed E-state index contributed by atoms with van der Waals surface area (Å²) in [6.45, 7) is 0. The molecule has 1 aromatic carbocycles. The normalized spacial score (nSPS) is 15.2. The van der Waals surface area contributed by atoms with Gasteiger partial charge in [-0.1, -0.05) is 34.8 Å². The summed E-state index contributed by atoms with van der Waals surface area (Å²) in [6, 6.07) is 7.28. The third kappa shape index (κ3) is 2.17. The van der Waals surface area contributed by atoms with Crippen LogP contribution in [0.4, 0.5) is 0 Å². The van der Waals surface area contributed by atoms with Crippen LogP contribution in [0.15, 0.2) is 24.3 Å². The molecular formula is C12H9Cl3N2. The maximum absolute atomic E-state index is 6.17. The lowest BCUT2D eigenvalue weighted by Gasteiger charge is -2.04. The highest BCUT2D eigenvalue weighted by atomic mass is 35.5. The summed E-state index contributed by atoms with van der Waals surface area (Å²) < 4.78 is 1.69. The van der Waals surface area contributed by atoms with E-state index >= 15 is 0 Å². The van der Waals surface area contributed by atoms with Gasteiger partial charge in [0.05, 0.1) is 21.4 Å². The van der Waals surface area contributed by atoms with Gasteiger partial charge >= 0.3 is 0 Å². The minimum atomic E-state index is 0.503. The van der Waals surface area contributed by atoms with Crippen molar-refractivity contribution in [2.75, 3.05) is 0 Å². The molecule has 88 valence electrons. The summed E-state index contributed by atoms with van der Waals surface area (Å²) >= 11 is 18.0. The van der Waals surface area contributed by atoms with Crippen LogP contribution in [0.25, 0.3) is 5.69 Å². The topological polar surface area (TPSA) is 17.8 Å². The van der Waals surface area contributed by atoms with E-state index in [1.807, 2.05) is 12.1 Å². The second kappa shape index (κ2) is 4.20. The predicted octanol–water partition coefficient (Wildman–Crippen LogP) is 4.71. The number of rotatable bonds is 2. The maximum atomic E-state index is 6.17. The van der Waals surface area contributed by atoms with E-state index in [2.05, 4.69) is 5.10 Å². The molecule has 2 nitrogen and oxygen atoms in total. The van der Waals surface area contributed by atoms with E-state index in [-0.39, 0.29) is 0 Å². The molecule has 1 aromatic heterocycles. The van der Waals surface area contributed by atoms with Crippen molar-refractivity contribution in [3.05, 3.63) is 45.2 Å². The van der Waals surface area contributed by atoms with Gasteiger partial charge in [0.25, 0.3) is 0 Å². The molecule has 1 fully saturated rings. The van der Waals surface area contributed by atoms with E-state index in [1.165, 1.54) is 12.8 Å². The monoisotopic (exact) mass is 286 g/mol. The Bertz CT molecular complexity index is 573. The van der Waals surface area contributed by atoms with E-state index in [4.69, 9.17) is 34.8 Å². The van der Waals surface area contributed by atoms with Crippen LogP contribution in [0.5, 0.6) is 0 Å². The van der Waals surface area contributed by atoms with Crippen LogP contribution < -0.4 is 0 Å². The zero-order valence-corrected chi connectivity index (χ0v) is 11.1.